The van der Waals surface area contributed by atoms with E-state index in [1.54, 1.807) is 0 Å². The standard InChI is InChI=1S/C9H12.2CNO/c1-3-9-6-4-5-8(2)7-9;2*2-1-3/h4-7H,3H2,1-2H3;;/q;2*-1. The lowest BCUT2D eigenvalue weighted by Gasteiger charge is -1.95. The topological polar surface area (TPSA) is 78.7 Å². The van der Waals surface area contributed by atoms with Crippen LogP contribution in [0, 0.1) is 6.92 Å². The molecule has 80 valence electrons. The summed E-state index contributed by atoms with van der Waals surface area (Å²) >= 11 is 0. The Bertz CT molecular complexity index is 324. The van der Waals surface area contributed by atoms with Gasteiger partial charge in [0.15, 0.2) is 0 Å². The summed E-state index contributed by atoms with van der Waals surface area (Å²) in [6.07, 6.45) is 2.14. The van der Waals surface area contributed by atoms with Crippen LogP contribution < -0.4 is 0 Å². The number of hydrogen-bond donors (Lipinski definition) is 0. The van der Waals surface area contributed by atoms with Gasteiger partial charge in [0.1, 0.15) is 0 Å². The first-order valence-corrected chi connectivity index (χ1v) is 4.24. The zero-order chi connectivity index (χ0) is 12.1. The molecule has 0 heterocycles. The number of carbonyl (C=O) groups excluding carboxylic acids is 2. The Labute approximate surface area is 89.0 Å². The summed E-state index contributed by atoms with van der Waals surface area (Å²) in [6.45, 7) is 4.30. The van der Waals surface area contributed by atoms with Gasteiger partial charge < -0.3 is 10.8 Å². The summed E-state index contributed by atoms with van der Waals surface area (Å²) in [5.41, 5.74) is 2.78. The van der Waals surface area contributed by atoms with Crippen LogP contribution >= 0.6 is 0 Å². The van der Waals surface area contributed by atoms with Crippen molar-refractivity contribution in [2.75, 3.05) is 0 Å². The fraction of sp³-hybridized carbons (Fsp3) is 0.273. The highest BCUT2D eigenvalue weighted by molar-refractivity contribution is 5.37. The summed E-state index contributed by atoms with van der Waals surface area (Å²) < 4.78 is 0. The van der Waals surface area contributed by atoms with E-state index in [1.807, 2.05) is 0 Å². The van der Waals surface area contributed by atoms with Crippen LogP contribution in [0.3, 0.4) is 0 Å². The lowest BCUT2D eigenvalue weighted by Crippen LogP contribution is -1.78. The van der Waals surface area contributed by atoms with Gasteiger partial charge in [0, 0.05) is 0 Å². The van der Waals surface area contributed by atoms with E-state index in [0.29, 0.717) is 12.2 Å². The molecule has 0 aliphatic carbocycles. The number of isocyanates is 2. The minimum Gasteiger partial charge on any atom is -0.724 e. The van der Waals surface area contributed by atoms with Crippen molar-refractivity contribution in [2.24, 2.45) is 0 Å². The maximum atomic E-state index is 8.24. The molecule has 1 rings (SSSR count). The predicted molar refractivity (Wildman–Crippen MR) is 58.7 cm³/mol. The van der Waals surface area contributed by atoms with Gasteiger partial charge in [0.25, 0.3) is 0 Å². The van der Waals surface area contributed by atoms with Gasteiger partial charge >= 0.3 is 0 Å². The molecular weight excluding hydrogens is 192 g/mol. The van der Waals surface area contributed by atoms with Gasteiger partial charge in [-0.1, -0.05) is 36.8 Å². The molecule has 0 saturated heterocycles. The molecule has 0 aliphatic rings. The second kappa shape index (κ2) is 12.0. The second-order valence-electron chi connectivity index (χ2n) is 2.53. The van der Waals surface area contributed by atoms with Crippen LogP contribution in [0.4, 0.5) is 0 Å². The van der Waals surface area contributed by atoms with Crippen LogP contribution in [-0.2, 0) is 16.0 Å². The highest BCUT2D eigenvalue weighted by Crippen LogP contribution is 2.03. The monoisotopic (exact) mass is 204 g/mol. The molecule has 15 heavy (non-hydrogen) atoms. The maximum absolute atomic E-state index is 8.24. The lowest BCUT2D eigenvalue weighted by atomic mass is 10.1. The normalized spacial score (nSPS) is 6.80. The Morgan fingerprint density at radius 1 is 1.20 bits per heavy atom. The summed E-state index contributed by atoms with van der Waals surface area (Å²) in [5, 5.41) is 13.5. The first-order chi connectivity index (χ1) is 7.15. The Morgan fingerprint density at radius 2 is 1.67 bits per heavy atom. The number of nitrogens with zero attached hydrogens (tertiary/aromatic N) is 2. The average Bonchev–Trinajstić information content (AvgIpc) is 2.20. The van der Waals surface area contributed by atoms with Crippen molar-refractivity contribution in [2.45, 2.75) is 20.3 Å². The minimum absolute atomic E-state index is 0.500. The largest absolute Gasteiger partial charge is 0.724 e. The van der Waals surface area contributed by atoms with E-state index in [4.69, 9.17) is 20.4 Å². The highest BCUT2D eigenvalue weighted by Gasteiger charge is 1.85. The fourth-order valence-corrected chi connectivity index (χ4v) is 0.932. The SMILES string of the molecule is CCc1cccc(C)c1.[N-]=C=O.[N-]=C=O. The molecule has 0 unspecified atom stereocenters. The molecular formula is C11H12N2O2-2. The quantitative estimate of drug-likeness (QED) is 0.519. The van der Waals surface area contributed by atoms with Crippen LogP contribution in [-0.4, -0.2) is 12.2 Å². The Hall–Kier alpha value is -2.02. The molecule has 0 saturated carbocycles. The maximum Gasteiger partial charge on any atom is -0.0159 e. The number of benzene rings is 1. The van der Waals surface area contributed by atoms with Gasteiger partial charge in [0.2, 0.25) is 0 Å². The minimum atomic E-state index is 0.500. The summed E-state index contributed by atoms with van der Waals surface area (Å²) in [7, 11) is 0. The van der Waals surface area contributed by atoms with Crippen molar-refractivity contribution in [1.29, 1.82) is 0 Å². The van der Waals surface area contributed by atoms with Crippen LogP contribution in [0.15, 0.2) is 24.3 Å². The summed E-state index contributed by atoms with van der Waals surface area (Å²) in [6, 6.07) is 8.61. The van der Waals surface area contributed by atoms with E-state index >= 15 is 0 Å². The number of hydrogen-bond acceptors (Lipinski definition) is 2. The van der Waals surface area contributed by atoms with Gasteiger partial charge in [-0.25, -0.2) is 0 Å². The van der Waals surface area contributed by atoms with E-state index in [9.17, 15) is 0 Å². The first-order valence-electron chi connectivity index (χ1n) is 4.24. The van der Waals surface area contributed by atoms with Gasteiger partial charge in [0.05, 0.1) is 0 Å². The van der Waals surface area contributed by atoms with Crippen molar-refractivity contribution >= 4 is 12.2 Å². The van der Waals surface area contributed by atoms with E-state index in [2.05, 4.69) is 38.1 Å². The fourth-order valence-electron chi connectivity index (χ4n) is 0.932. The molecule has 4 heteroatoms. The van der Waals surface area contributed by atoms with Gasteiger partial charge in [-0.2, -0.15) is 0 Å². The lowest BCUT2D eigenvalue weighted by molar-refractivity contribution is 0.568. The molecule has 0 aromatic heterocycles. The summed E-state index contributed by atoms with van der Waals surface area (Å²) in [5.74, 6) is 0. The van der Waals surface area contributed by atoms with Crippen molar-refractivity contribution < 1.29 is 9.59 Å². The molecule has 0 fully saturated rings. The summed E-state index contributed by atoms with van der Waals surface area (Å²) in [4.78, 5) is 16.5. The van der Waals surface area contributed by atoms with Gasteiger partial charge in [-0.05, 0) is 31.1 Å². The van der Waals surface area contributed by atoms with E-state index in [1.165, 1.54) is 11.1 Å². The Kier molecular flexibility index (Phi) is 12.3. The van der Waals surface area contributed by atoms with Crippen molar-refractivity contribution in [3.8, 4) is 0 Å². The van der Waals surface area contributed by atoms with Crippen LogP contribution in [0.1, 0.15) is 18.1 Å². The number of rotatable bonds is 1. The van der Waals surface area contributed by atoms with Crippen molar-refractivity contribution in [3.63, 3.8) is 0 Å². The third-order valence-electron chi connectivity index (χ3n) is 1.49. The first kappa shape index (κ1) is 15.5. The van der Waals surface area contributed by atoms with Gasteiger partial charge in [-0.15, -0.1) is 0 Å². The molecule has 0 amide bonds. The smallest absolute Gasteiger partial charge is 0.0159 e. The molecule has 0 bridgehead atoms. The molecule has 0 aliphatic heterocycles. The Morgan fingerprint density at radius 3 is 1.93 bits per heavy atom. The highest BCUT2D eigenvalue weighted by atomic mass is 16.1. The van der Waals surface area contributed by atoms with Gasteiger partial charge in [-0.3, -0.25) is 9.59 Å². The average molecular weight is 204 g/mol. The zero-order valence-corrected chi connectivity index (χ0v) is 8.73. The zero-order valence-electron chi connectivity index (χ0n) is 8.73. The molecule has 0 N–H and O–H groups in total. The van der Waals surface area contributed by atoms with Crippen LogP contribution in [0.25, 0.3) is 10.8 Å². The number of aryl methyl sites for hydroxylation is 2. The molecule has 0 atom stereocenters. The molecule has 0 spiro atoms. The Balaban J connectivity index is 0. The van der Waals surface area contributed by atoms with Crippen LogP contribution in [0.2, 0.25) is 0 Å². The van der Waals surface area contributed by atoms with Crippen LogP contribution in [0.5, 0.6) is 0 Å². The van der Waals surface area contributed by atoms with Crippen molar-refractivity contribution in [3.05, 3.63) is 46.2 Å². The third-order valence-corrected chi connectivity index (χ3v) is 1.49. The van der Waals surface area contributed by atoms with Crippen molar-refractivity contribution in [1.82, 2.24) is 0 Å². The molecule has 4 nitrogen and oxygen atoms in total. The second-order valence-corrected chi connectivity index (χ2v) is 2.53. The van der Waals surface area contributed by atoms with E-state index in [-0.39, 0.29) is 0 Å². The predicted octanol–water partition coefficient (Wildman–Crippen LogP) is 2.34. The molecule has 1 aromatic carbocycles. The molecule has 0 radical (unpaired) electrons. The molecule has 1 aromatic rings. The van der Waals surface area contributed by atoms with E-state index < -0.39 is 0 Å². The third kappa shape index (κ3) is 12.0. The van der Waals surface area contributed by atoms with E-state index in [0.717, 1.165) is 6.42 Å².